The minimum absolute atomic E-state index is 0.694. The van der Waals surface area contributed by atoms with Gasteiger partial charge in [-0.1, -0.05) is 30.3 Å². The van der Waals surface area contributed by atoms with E-state index in [-0.39, 0.29) is 0 Å². The van der Waals surface area contributed by atoms with Crippen molar-refractivity contribution in [3.05, 3.63) is 60.4 Å². The molecule has 0 saturated heterocycles. The van der Waals surface area contributed by atoms with E-state index in [1.807, 2.05) is 12.1 Å². The maximum atomic E-state index is 4.79. The molecule has 1 aliphatic carbocycles. The van der Waals surface area contributed by atoms with Gasteiger partial charge in [-0.3, -0.25) is 4.57 Å². The van der Waals surface area contributed by atoms with Crippen molar-refractivity contribution < 1.29 is 0 Å². The third kappa shape index (κ3) is 2.10. The van der Waals surface area contributed by atoms with Gasteiger partial charge < -0.3 is 5.32 Å². The average Bonchev–Trinajstić information content (AvgIpc) is 3.25. The third-order valence-electron chi connectivity index (χ3n) is 3.77. The second-order valence-electron chi connectivity index (χ2n) is 5.34. The van der Waals surface area contributed by atoms with Crippen LogP contribution < -0.4 is 5.32 Å². The summed E-state index contributed by atoms with van der Waals surface area (Å²) in [5, 5.41) is 3.56. The number of hydrogen-bond donors (Lipinski definition) is 1. The van der Waals surface area contributed by atoms with E-state index in [9.17, 15) is 0 Å². The highest BCUT2D eigenvalue weighted by Crippen LogP contribution is 2.23. The Morgan fingerprint density at radius 2 is 1.75 bits per heavy atom. The predicted molar refractivity (Wildman–Crippen MR) is 80.9 cm³/mol. The van der Waals surface area contributed by atoms with Gasteiger partial charge in [0.25, 0.3) is 0 Å². The summed E-state index contributed by atoms with van der Waals surface area (Å²) in [5.74, 6) is 1.09. The van der Waals surface area contributed by atoms with E-state index >= 15 is 0 Å². The van der Waals surface area contributed by atoms with Crippen LogP contribution in [0, 0.1) is 0 Å². The van der Waals surface area contributed by atoms with Crippen molar-refractivity contribution in [1.82, 2.24) is 14.9 Å². The van der Waals surface area contributed by atoms with Gasteiger partial charge in [0, 0.05) is 11.7 Å². The van der Waals surface area contributed by atoms with Crippen LogP contribution >= 0.6 is 0 Å². The smallest absolute Gasteiger partial charge is 0.128 e. The highest BCUT2D eigenvalue weighted by Gasteiger charge is 2.21. The summed E-state index contributed by atoms with van der Waals surface area (Å²) in [6, 6.07) is 19.5. The largest absolute Gasteiger partial charge is 0.307 e. The van der Waals surface area contributed by atoms with E-state index in [0.29, 0.717) is 6.04 Å². The first-order valence-electron chi connectivity index (χ1n) is 7.17. The standard InChI is InChI=1S/C17H17N3/c1-2-6-14(7-3-1)20-16-9-5-4-8-15(16)19-17(20)12-18-13-10-11-13/h1-9,13,18H,10-12H2. The Labute approximate surface area is 118 Å². The fraction of sp³-hybridized carbons (Fsp3) is 0.235. The first-order valence-corrected chi connectivity index (χ1v) is 7.17. The van der Waals surface area contributed by atoms with Crippen molar-refractivity contribution in [2.75, 3.05) is 0 Å². The number of imidazole rings is 1. The van der Waals surface area contributed by atoms with Gasteiger partial charge in [-0.25, -0.2) is 4.98 Å². The van der Waals surface area contributed by atoms with Crippen molar-refractivity contribution in [1.29, 1.82) is 0 Å². The molecule has 3 heteroatoms. The predicted octanol–water partition coefficient (Wildman–Crippen LogP) is 3.28. The number of hydrogen-bond acceptors (Lipinski definition) is 2. The van der Waals surface area contributed by atoms with Crippen LogP contribution in [0.2, 0.25) is 0 Å². The van der Waals surface area contributed by atoms with Crippen molar-refractivity contribution in [2.24, 2.45) is 0 Å². The fourth-order valence-corrected chi connectivity index (χ4v) is 2.58. The normalized spacial score (nSPS) is 14.8. The molecular formula is C17H17N3. The van der Waals surface area contributed by atoms with Gasteiger partial charge in [0.2, 0.25) is 0 Å². The topological polar surface area (TPSA) is 29.9 Å². The molecule has 1 saturated carbocycles. The lowest BCUT2D eigenvalue weighted by Crippen LogP contribution is -2.18. The molecule has 0 aliphatic heterocycles. The molecule has 1 heterocycles. The van der Waals surface area contributed by atoms with Gasteiger partial charge in [-0.05, 0) is 37.1 Å². The Morgan fingerprint density at radius 3 is 2.55 bits per heavy atom. The molecule has 1 fully saturated rings. The summed E-state index contributed by atoms with van der Waals surface area (Å²) in [6.07, 6.45) is 2.59. The van der Waals surface area contributed by atoms with Crippen LogP contribution in [0.4, 0.5) is 0 Å². The fourth-order valence-electron chi connectivity index (χ4n) is 2.58. The number of rotatable bonds is 4. The van der Waals surface area contributed by atoms with Crippen LogP contribution in [0.1, 0.15) is 18.7 Å². The van der Waals surface area contributed by atoms with Crippen LogP contribution in [-0.4, -0.2) is 15.6 Å². The zero-order chi connectivity index (χ0) is 13.4. The lowest BCUT2D eigenvalue weighted by Gasteiger charge is -2.09. The zero-order valence-corrected chi connectivity index (χ0v) is 11.3. The van der Waals surface area contributed by atoms with E-state index in [1.165, 1.54) is 24.0 Å². The minimum atomic E-state index is 0.694. The Morgan fingerprint density at radius 1 is 1.00 bits per heavy atom. The molecule has 1 aliphatic rings. The van der Waals surface area contributed by atoms with E-state index in [2.05, 4.69) is 52.3 Å². The highest BCUT2D eigenvalue weighted by atomic mass is 15.1. The Hall–Kier alpha value is -2.13. The van der Waals surface area contributed by atoms with Gasteiger partial charge >= 0.3 is 0 Å². The van der Waals surface area contributed by atoms with Gasteiger partial charge in [-0.2, -0.15) is 0 Å². The molecule has 20 heavy (non-hydrogen) atoms. The molecule has 3 nitrogen and oxygen atoms in total. The Bertz CT molecular complexity index is 726. The molecular weight excluding hydrogens is 246 g/mol. The molecule has 0 spiro atoms. The third-order valence-corrected chi connectivity index (χ3v) is 3.77. The van der Waals surface area contributed by atoms with Crippen molar-refractivity contribution >= 4 is 11.0 Å². The summed E-state index contributed by atoms with van der Waals surface area (Å²) in [6.45, 7) is 0.828. The number of nitrogens with one attached hydrogen (secondary N) is 1. The molecule has 0 atom stereocenters. The van der Waals surface area contributed by atoms with Crippen LogP contribution in [0.15, 0.2) is 54.6 Å². The summed E-state index contributed by atoms with van der Waals surface area (Å²) < 4.78 is 2.25. The SMILES string of the molecule is c1ccc(-n2c(CNC3CC3)nc3ccccc32)cc1. The lowest BCUT2D eigenvalue weighted by molar-refractivity contribution is 0.652. The quantitative estimate of drug-likeness (QED) is 0.783. The highest BCUT2D eigenvalue weighted by molar-refractivity contribution is 5.78. The van der Waals surface area contributed by atoms with Crippen molar-refractivity contribution in [3.63, 3.8) is 0 Å². The molecule has 1 aromatic heterocycles. The van der Waals surface area contributed by atoms with Crippen molar-refractivity contribution in [2.45, 2.75) is 25.4 Å². The van der Waals surface area contributed by atoms with Crippen LogP contribution in [0.3, 0.4) is 0 Å². The molecule has 2 aromatic carbocycles. The monoisotopic (exact) mass is 263 g/mol. The number of para-hydroxylation sites is 3. The number of aromatic nitrogens is 2. The van der Waals surface area contributed by atoms with Gasteiger partial charge in [0.15, 0.2) is 0 Å². The van der Waals surface area contributed by atoms with Gasteiger partial charge in [0.1, 0.15) is 5.82 Å². The maximum Gasteiger partial charge on any atom is 0.128 e. The number of fused-ring (bicyclic) bond motifs is 1. The number of nitrogens with zero attached hydrogens (tertiary/aromatic N) is 2. The first kappa shape index (κ1) is 11.7. The second kappa shape index (κ2) is 4.76. The van der Waals surface area contributed by atoms with E-state index in [4.69, 9.17) is 4.98 Å². The van der Waals surface area contributed by atoms with Crippen LogP contribution in [0.25, 0.3) is 16.7 Å². The molecule has 0 amide bonds. The van der Waals surface area contributed by atoms with E-state index < -0.39 is 0 Å². The molecule has 3 aromatic rings. The molecule has 0 bridgehead atoms. The van der Waals surface area contributed by atoms with Gasteiger partial charge in [0.05, 0.1) is 17.6 Å². The summed E-state index contributed by atoms with van der Waals surface area (Å²) >= 11 is 0. The molecule has 100 valence electrons. The van der Waals surface area contributed by atoms with Gasteiger partial charge in [-0.15, -0.1) is 0 Å². The van der Waals surface area contributed by atoms with Crippen molar-refractivity contribution in [3.8, 4) is 5.69 Å². The average molecular weight is 263 g/mol. The molecule has 1 N–H and O–H groups in total. The molecule has 0 radical (unpaired) electrons. The van der Waals surface area contributed by atoms with E-state index in [1.54, 1.807) is 0 Å². The summed E-state index contributed by atoms with van der Waals surface area (Å²) in [7, 11) is 0. The number of benzene rings is 2. The zero-order valence-electron chi connectivity index (χ0n) is 11.3. The van der Waals surface area contributed by atoms with E-state index in [0.717, 1.165) is 17.9 Å². The maximum absolute atomic E-state index is 4.79. The minimum Gasteiger partial charge on any atom is -0.307 e. The second-order valence-corrected chi connectivity index (χ2v) is 5.34. The summed E-state index contributed by atoms with van der Waals surface area (Å²) in [5.41, 5.74) is 3.41. The Balaban J connectivity index is 1.83. The summed E-state index contributed by atoms with van der Waals surface area (Å²) in [4.78, 5) is 4.79. The van der Waals surface area contributed by atoms with Crippen LogP contribution in [-0.2, 0) is 6.54 Å². The first-order chi connectivity index (χ1) is 9.92. The molecule has 0 unspecified atom stereocenters. The lowest BCUT2D eigenvalue weighted by atomic mass is 10.3. The Kier molecular flexibility index (Phi) is 2.78. The van der Waals surface area contributed by atoms with Crippen LogP contribution in [0.5, 0.6) is 0 Å². The molecule has 4 rings (SSSR count).